The third-order valence-electron chi connectivity index (χ3n) is 3.38. The van der Waals surface area contributed by atoms with Gasteiger partial charge in [0.1, 0.15) is 0 Å². The zero-order valence-corrected chi connectivity index (χ0v) is 16.6. The zero-order valence-electron chi connectivity index (χ0n) is 14.9. The van der Waals surface area contributed by atoms with E-state index in [-0.39, 0.29) is 11.4 Å². The van der Waals surface area contributed by atoms with Crippen molar-refractivity contribution in [1.29, 1.82) is 0 Å². The summed E-state index contributed by atoms with van der Waals surface area (Å²) in [6.45, 7) is 9.71. The van der Waals surface area contributed by atoms with E-state index in [0.717, 1.165) is 22.1 Å². The van der Waals surface area contributed by atoms with Crippen LogP contribution in [0.2, 0.25) is 0 Å². The summed E-state index contributed by atoms with van der Waals surface area (Å²) >= 11 is 7.21. The summed E-state index contributed by atoms with van der Waals surface area (Å²) in [6.07, 6.45) is 0. The molecule has 2 rings (SSSR count). The third kappa shape index (κ3) is 4.75. The second-order valence-corrected chi connectivity index (χ2v) is 8.23. The van der Waals surface area contributed by atoms with Crippen molar-refractivity contribution in [2.75, 3.05) is 13.6 Å². The molecule has 0 radical (unpaired) electrons. The second kappa shape index (κ2) is 7.58. The molecule has 1 unspecified atom stereocenters. The largest absolute Gasteiger partial charge is 0.347 e. The lowest BCUT2D eigenvalue weighted by Gasteiger charge is -2.21. The Labute approximate surface area is 152 Å². The van der Waals surface area contributed by atoms with Gasteiger partial charge in [0, 0.05) is 12.1 Å². The van der Waals surface area contributed by atoms with Gasteiger partial charge in [-0.05, 0) is 51.4 Å². The van der Waals surface area contributed by atoms with E-state index in [1.807, 2.05) is 54.6 Å². The Balaban J connectivity index is 2.13. The Kier molecular flexibility index (Phi) is 5.95. The molecule has 0 fully saturated rings. The quantitative estimate of drug-likeness (QED) is 0.761. The topological polar surface area (TPSA) is 56.3 Å². The number of hydrogen-bond donors (Lipinski definition) is 2. The van der Waals surface area contributed by atoms with Gasteiger partial charge >= 0.3 is 0 Å². The molecule has 0 saturated heterocycles. The smallest absolute Gasteiger partial charge is 0.275 e. The molecule has 132 valence electrons. The van der Waals surface area contributed by atoms with Crippen LogP contribution in [-0.2, 0) is 18.0 Å². The maximum Gasteiger partial charge on any atom is 0.275 e. The maximum absolute atomic E-state index is 12.1. The van der Waals surface area contributed by atoms with Crippen LogP contribution in [0.4, 0.5) is 0 Å². The molecule has 6 nitrogen and oxygen atoms in total. The van der Waals surface area contributed by atoms with E-state index in [1.54, 1.807) is 11.3 Å². The van der Waals surface area contributed by atoms with Gasteiger partial charge in [0.25, 0.3) is 5.91 Å². The van der Waals surface area contributed by atoms with Gasteiger partial charge in [-0.25, -0.2) is 0 Å². The van der Waals surface area contributed by atoms with Gasteiger partial charge in [-0.1, -0.05) is 6.07 Å². The van der Waals surface area contributed by atoms with Gasteiger partial charge in [-0.3, -0.25) is 9.36 Å². The van der Waals surface area contributed by atoms with Crippen LogP contribution in [-0.4, -0.2) is 39.4 Å². The number of thiophene rings is 1. The van der Waals surface area contributed by atoms with Crippen LogP contribution in [0.1, 0.15) is 27.7 Å². The molecule has 2 N–H and O–H groups in total. The van der Waals surface area contributed by atoms with Crippen LogP contribution < -0.4 is 10.2 Å². The molecule has 24 heavy (non-hydrogen) atoms. The van der Waals surface area contributed by atoms with E-state index in [9.17, 15) is 4.79 Å². The summed E-state index contributed by atoms with van der Waals surface area (Å²) in [6, 6.07) is 4.06. The summed E-state index contributed by atoms with van der Waals surface area (Å²) in [5, 5.41) is 9.69. The number of aromatic nitrogens is 3. The van der Waals surface area contributed by atoms with E-state index in [4.69, 9.17) is 12.2 Å². The standard InChI is InChI=1S/C16H25N5OS2/c1-6-20-14(12-8-7-9-24-12)18-21(15(20)23)11-19(5)10-13(22)17-16(2,3)4/h7-9H,6,10-11H2,1-5H3,(H,17,22)/p+1. The first-order chi connectivity index (χ1) is 11.2. The monoisotopic (exact) mass is 368 g/mol. The molecule has 2 aromatic heterocycles. The van der Waals surface area contributed by atoms with Gasteiger partial charge < -0.3 is 10.2 Å². The normalized spacial score (nSPS) is 13.0. The molecule has 0 aromatic carbocycles. The fourth-order valence-electron chi connectivity index (χ4n) is 2.47. The lowest BCUT2D eigenvalue weighted by atomic mass is 10.1. The second-order valence-electron chi connectivity index (χ2n) is 6.92. The number of nitrogens with one attached hydrogen (secondary N) is 2. The number of nitrogens with zero attached hydrogens (tertiary/aromatic N) is 3. The van der Waals surface area contributed by atoms with Crippen molar-refractivity contribution in [2.24, 2.45) is 0 Å². The Morgan fingerprint density at radius 1 is 1.46 bits per heavy atom. The van der Waals surface area contributed by atoms with Crippen LogP contribution in [0.5, 0.6) is 0 Å². The van der Waals surface area contributed by atoms with Crippen LogP contribution in [0.25, 0.3) is 10.7 Å². The summed E-state index contributed by atoms with van der Waals surface area (Å²) in [5.74, 6) is 0.921. The molecule has 1 atom stereocenters. The highest BCUT2D eigenvalue weighted by Crippen LogP contribution is 2.23. The van der Waals surface area contributed by atoms with Crippen molar-refractivity contribution in [3.05, 3.63) is 22.3 Å². The van der Waals surface area contributed by atoms with Gasteiger partial charge in [0.05, 0.1) is 11.9 Å². The first kappa shape index (κ1) is 18.8. The molecule has 2 aromatic rings. The molecular weight excluding hydrogens is 342 g/mol. The highest BCUT2D eigenvalue weighted by molar-refractivity contribution is 7.71. The first-order valence-electron chi connectivity index (χ1n) is 8.05. The minimum Gasteiger partial charge on any atom is -0.347 e. The summed E-state index contributed by atoms with van der Waals surface area (Å²) in [4.78, 5) is 14.2. The Bertz CT molecular complexity index is 740. The molecule has 8 heteroatoms. The van der Waals surface area contributed by atoms with Crippen molar-refractivity contribution >= 4 is 29.5 Å². The number of hydrogen-bond acceptors (Lipinski definition) is 4. The minimum absolute atomic E-state index is 0.0277. The molecule has 0 spiro atoms. The molecule has 0 aliphatic heterocycles. The van der Waals surface area contributed by atoms with E-state index < -0.39 is 0 Å². The van der Waals surface area contributed by atoms with Crippen LogP contribution in [0, 0.1) is 4.77 Å². The number of likely N-dealkylation sites (N-methyl/N-ethyl adjacent to an activating group) is 1. The number of rotatable bonds is 6. The van der Waals surface area contributed by atoms with Gasteiger partial charge in [-0.2, -0.15) is 4.68 Å². The van der Waals surface area contributed by atoms with Crippen molar-refractivity contribution in [3.8, 4) is 10.7 Å². The highest BCUT2D eigenvalue weighted by atomic mass is 32.1. The van der Waals surface area contributed by atoms with E-state index in [1.165, 1.54) is 0 Å². The first-order valence-corrected chi connectivity index (χ1v) is 9.34. The maximum atomic E-state index is 12.1. The molecule has 0 saturated carbocycles. The minimum atomic E-state index is -0.218. The number of carbonyl (C=O) groups is 1. The van der Waals surface area contributed by atoms with Gasteiger partial charge in [0.15, 0.2) is 19.0 Å². The zero-order chi connectivity index (χ0) is 17.9. The number of carbonyl (C=O) groups excluding carboxylic acids is 1. The average molecular weight is 369 g/mol. The number of quaternary nitrogens is 1. The van der Waals surface area contributed by atoms with Crippen molar-refractivity contribution < 1.29 is 9.69 Å². The lowest BCUT2D eigenvalue weighted by molar-refractivity contribution is -0.895. The summed E-state index contributed by atoms with van der Waals surface area (Å²) < 4.78 is 4.54. The third-order valence-corrected chi connectivity index (χ3v) is 4.67. The van der Waals surface area contributed by atoms with E-state index in [2.05, 4.69) is 17.3 Å². The van der Waals surface area contributed by atoms with Gasteiger partial charge in [-0.15, -0.1) is 16.4 Å². The Hall–Kier alpha value is -1.51. The summed E-state index contributed by atoms with van der Waals surface area (Å²) in [5.41, 5.74) is -0.218. The van der Waals surface area contributed by atoms with Crippen LogP contribution >= 0.6 is 23.6 Å². The predicted octanol–water partition coefficient (Wildman–Crippen LogP) is 1.55. The number of amides is 1. The van der Waals surface area contributed by atoms with Crippen molar-refractivity contribution in [3.63, 3.8) is 0 Å². The van der Waals surface area contributed by atoms with Crippen molar-refractivity contribution in [2.45, 2.75) is 46.4 Å². The SMILES string of the molecule is CCn1c(-c2cccs2)nn(C[NH+](C)CC(=O)NC(C)(C)C)c1=S. The molecule has 0 bridgehead atoms. The molecular formula is C16H26N5OS2+. The molecule has 0 aliphatic carbocycles. The molecule has 0 aliphatic rings. The fourth-order valence-corrected chi connectivity index (χ4v) is 3.50. The van der Waals surface area contributed by atoms with Crippen LogP contribution in [0.15, 0.2) is 17.5 Å². The van der Waals surface area contributed by atoms with E-state index in [0.29, 0.717) is 18.0 Å². The van der Waals surface area contributed by atoms with Gasteiger partial charge in [0.2, 0.25) is 4.77 Å². The lowest BCUT2D eigenvalue weighted by Crippen LogP contribution is -3.09. The predicted molar refractivity (Wildman–Crippen MR) is 99.7 cm³/mol. The Morgan fingerprint density at radius 3 is 2.71 bits per heavy atom. The average Bonchev–Trinajstić information content (AvgIpc) is 3.05. The summed E-state index contributed by atoms with van der Waals surface area (Å²) in [7, 11) is 1.97. The molecule has 1 amide bonds. The van der Waals surface area contributed by atoms with Crippen molar-refractivity contribution in [1.82, 2.24) is 19.7 Å². The van der Waals surface area contributed by atoms with E-state index >= 15 is 0 Å². The van der Waals surface area contributed by atoms with Crippen LogP contribution in [0.3, 0.4) is 0 Å². The fraction of sp³-hybridized carbons (Fsp3) is 0.562. The Morgan fingerprint density at radius 2 is 2.17 bits per heavy atom. The highest BCUT2D eigenvalue weighted by Gasteiger charge is 2.19. The molecule has 2 heterocycles.